The van der Waals surface area contributed by atoms with Gasteiger partial charge in [-0.3, -0.25) is 4.79 Å². The zero-order chi connectivity index (χ0) is 12.3. The van der Waals surface area contributed by atoms with Gasteiger partial charge in [-0.2, -0.15) is 0 Å². The molecule has 0 aromatic heterocycles. The Hall–Kier alpha value is -1.71. The van der Waals surface area contributed by atoms with Gasteiger partial charge in [0.25, 0.3) is 5.91 Å². The molecule has 0 radical (unpaired) electrons. The molecule has 0 fully saturated rings. The highest BCUT2D eigenvalue weighted by Gasteiger charge is 2.10. The van der Waals surface area contributed by atoms with Crippen LogP contribution in [0.2, 0.25) is 0 Å². The first kappa shape index (κ1) is 12.4. The molecule has 4 nitrogen and oxygen atoms in total. The fourth-order valence-electron chi connectivity index (χ4n) is 1.40. The lowest BCUT2D eigenvalue weighted by Gasteiger charge is -2.15. The van der Waals surface area contributed by atoms with Crippen molar-refractivity contribution >= 4 is 17.3 Å². The van der Waals surface area contributed by atoms with Gasteiger partial charge in [-0.15, -0.1) is 0 Å². The second kappa shape index (κ2) is 4.88. The largest absolute Gasteiger partial charge is 0.397 e. The molecule has 0 spiro atoms. The van der Waals surface area contributed by atoms with E-state index in [2.05, 4.69) is 5.32 Å². The van der Waals surface area contributed by atoms with Crippen LogP contribution in [0.25, 0.3) is 0 Å². The number of nitrogen functional groups attached to an aromatic ring is 1. The molecule has 0 atom stereocenters. The van der Waals surface area contributed by atoms with Crippen molar-refractivity contribution in [3.63, 3.8) is 0 Å². The van der Waals surface area contributed by atoms with Crippen LogP contribution in [0.4, 0.5) is 11.4 Å². The van der Waals surface area contributed by atoms with Crippen LogP contribution in [0, 0.1) is 0 Å². The van der Waals surface area contributed by atoms with Crippen molar-refractivity contribution in [2.45, 2.75) is 19.9 Å². The normalized spacial score (nSPS) is 10.3. The standard InChI is InChI=1S/C12H19N3O/c1-8(2)14-11-6-5-9(7-10(11)13)12(16)15(3)4/h5-8,14H,13H2,1-4H3. The van der Waals surface area contributed by atoms with Crippen LogP contribution in [0.3, 0.4) is 0 Å². The lowest BCUT2D eigenvalue weighted by atomic mass is 10.1. The van der Waals surface area contributed by atoms with Gasteiger partial charge in [0.2, 0.25) is 0 Å². The number of carbonyl (C=O) groups excluding carboxylic acids is 1. The minimum Gasteiger partial charge on any atom is -0.397 e. The molecule has 1 rings (SSSR count). The van der Waals surface area contributed by atoms with E-state index < -0.39 is 0 Å². The number of amides is 1. The van der Waals surface area contributed by atoms with Gasteiger partial charge in [-0.05, 0) is 32.0 Å². The molecule has 0 aliphatic rings. The van der Waals surface area contributed by atoms with Crippen molar-refractivity contribution < 1.29 is 4.79 Å². The highest BCUT2D eigenvalue weighted by atomic mass is 16.2. The molecule has 0 heterocycles. The quantitative estimate of drug-likeness (QED) is 0.765. The van der Waals surface area contributed by atoms with Crippen molar-refractivity contribution in [2.75, 3.05) is 25.1 Å². The molecule has 1 aromatic rings. The predicted octanol–water partition coefficient (Wildman–Crippen LogP) is 1.79. The highest BCUT2D eigenvalue weighted by molar-refractivity contribution is 5.95. The Labute approximate surface area is 96.4 Å². The number of anilines is 2. The monoisotopic (exact) mass is 221 g/mol. The summed E-state index contributed by atoms with van der Waals surface area (Å²) >= 11 is 0. The zero-order valence-corrected chi connectivity index (χ0v) is 10.2. The van der Waals surface area contributed by atoms with Crippen molar-refractivity contribution in [3.8, 4) is 0 Å². The van der Waals surface area contributed by atoms with Crippen LogP contribution < -0.4 is 11.1 Å². The number of nitrogens with zero attached hydrogens (tertiary/aromatic N) is 1. The highest BCUT2D eigenvalue weighted by Crippen LogP contribution is 2.21. The molecule has 1 aromatic carbocycles. The SMILES string of the molecule is CC(C)Nc1ccc(C(=O)N(C)C)cc1N. The van der Waals surface area contributed by atoms with E-state index in [0.717, 1.165) is 5.69 Å². The first-order valence-corrected chi connectivity index (χ1v) is 5.29. The zero-order valence-electron chi connectivity index (χ0n) is 10.2. The van der Waals surface area contributed by atoms with E-state index in [1.165, 1.54) is 4.90 Å². The molecular weight excluding hydrogens is 202 g/mol. The Morgan fingerprint density at radius 3 is 2.44 bits per heavy atom. The number of nitrogens with one attached hydrogen (secondary N) is 1. The summed E-state index contributed by atoms with van der Waals surface area (Å²) in [5.74, 6) is -0.0391. The van der Waals surface area contributed by atoms with Gasteiger partial charge in [0.1, 0.15) is 0 Å². The Morgan fingerprint density at radius 2 is 2.00 bits per heavy atom. The molecule has 1 amide bonds. The summed E-state index contributed by atoms with van der Waals surface area (Å²) < 4.78 is 0. The Kier molecular flexibility index (Phi) is 3.77. The number of hydrogen-bond donors (Lipinski definition) is 2. The molecule has 0 saturated heterocycles. The van der Waals surface area contributed by atoms with Crippen LogP contribution in [0.15, 0.2) is 18.2 Å². The lowest BCUT2D eigenvalue weighted by molar-refractivity contribution is 0.0827. The molecular formula is C12H19N3O. The van der Waals surface area contributed by atoms with Gasteiger partial charge >= 0.3 is 0 Å². The number of nitrogens with two attached hydrogens (primary N) is 1. The Morgan fingerprint density at radius 1 is 1.38 bits per heavy atom. The number of benzene rings is 1. The average molecular weight is 221 g/mol. The summed E-state index contributed by atoms with van der Waals surface area (Å²) in [6.45, 7) is 4.08. The third kappa shape index (κ3) is 2.89. The molecule has 0 bridgehead atoms. The van der Waals surface area contributed by atoms with Gasteiger partial charge in [0, 0.05) is 25.7 Å². The molecule has 88 valence electrons. The second-order valence-corrected chi connectivity index (χ2v) is 4.30. The van der Waals surface area contributed by atoms with E-state index in [-0.39, 0.29) is 5.91 Å². The van der Waals surface area contributed by atoms with E-state index in [9.17, 15) is 4.79 Å². The maximum Gasteiger partial charge on any atom is 0.253 e. The summed E-state index contributed by atoms with van der Waals surface area (Å²) in [4.78, 5) is 13.2. The van der Waals surface area contributed by atoms with Crippen LogP contribution in [-0.4, -0.2) is 30.9 Å². The fourth-order valence-corrected chi connectivity index (χ4v) is 1.40. The lowest BCUT2D eigenvalue weighted by Crippen LogP contribution is -2.22. The average Bonchev–Trinajstić information content (AvgIpc) is 2.19. The van der Waals surface area contributed by atoms with Crippen LogP contribution in [0.5, 0.6) is 0 Å². The number of carbonyl (C=O) groups is 1. The number of hydrogen-bond acceptors (Lipinski definition) is 3. The van der Waals surface area contributed by atoms with Crippen LogP contribution >= 0.6 is 0 Å². The molecule has 0 unspecified atom stereocenters. The first-order chi connectivity index (χ1) is 7.41. The Bertz CT molecular complexity index is 386. The van der Waals surface area contributed by atoms with Crippen LogP contribution in [-0.2, 0) is 0 Å². The van der Waals surface area contributed by atoms with Gasteiger partial charge in [-0.25, -0.2) is 0 Å². The summed E-state index contributed by atoms with van der Waals surface area (Å²) in [7, 11) is 3.44. The minimum absolute atomic E-state index is 0.0391. The van der Waals surface area contributed by atoms with Crippen molar-refractivity contribution in [1.29, 1.82) is 0 Å². The van der Waals surface area contributed by atoms with Crippen LogP contribution in [0.1, 0.15) is 24.2 Å². The molecule has 0 aliphatic carbocycles. The first-order valence-electron chi connectivity index (χ1n) is 5.29. The van der Waals surface area contributed by atoms with E-state index in [0.29, 0.717) is 17.3 Å². The molecule has 4 heteroatoms. The minimum atomic E-state index is -0.0391. The molecule has 0 saturated carbocycles. The summed E-state index contributed by atoms with van der Waals surface area (Å²) in [6.07, 6.45) is 0. The maximum absolute atomic E-state index is 11.7. The fraction of sp³-hybridized carbons (Fsp3) is 0.417. The van der Waals surface area contributed by atoms with Gasteiger partial charge in [0.05, 0.1) is 11.4 Å². The molecule has 16 heavy (non-hydrogen) atoms. The van der Waals surface area contributed by atoms with Gasteiger partial charge in [0.15, 0.2) is 0 Å². The predicted molar refractivity (Wildman–Crippen MR) is 67.6 cm³/mol. The van der Waals surface area contributed by atoms with E-state index in [1.807, 2.05) is 19.9 Å². The van der Waals surface area contributed by atoms with Gasteiger partial charge in [-0.1, -0.05) is 0 Å². The third-order valence-corrected chi connectivity index (χ3v) is 2.15. The molecule has 3 N–H and O–H groups in total. The topological polar surface area (TPSA) is 58.4 Å². The maximum atomic E-state index is 11.7. The Balaban J connectivity index is 2.95. The summed E-state index contributed by atoms with van der Waals surface area (Å²) in [5, 5.41) is 3.22. The summed E-state index contributed by atoms with van der Waals surface area (Å²) in [5.41, 5.74) is 7.95. The second-order valence-electron chi connectivity index (χ2n) is 4.30. The number of rotatable bonds is 3. The van der Waals surface area contributed by atoms with E-state index in [4.69, 9.17) is 5.73 Å². The van der Waals surface area contributed by atoms with E-state index in [1.54, 1.807) is 26.2 Å². The third-order valence-electron chi connectivity index (χ3n) is 2.15. The molecule has 0 aliphatic heterocycles. The smallest absolute Gasteiger partial charge is 0.253 e. The van der Waals surface area contributed by atoms with Gasteiger partial charge < -0.3 is 16.0 Å². The van der Waals surface area contributed by atoms with Crippen molar-refractivity contribution in [2.24, 2.45) is 0 Å². The van der Waals surface area contributed by atoms with E-state index >= 15 is 0 Å². The van der Waals surface area contributed by atoms with Crippen molar-refractivity contribution in [1.82, 2.24) is 4.90 Å². The van der Waals surface area contributed by atoms with Crippen molar-refractivity contribution in [3.05, 3.63) is 23.8 Å². The summed E-state index contributed by atoms with van der Waals surface area (Å²) in [6, 6.07) is 5.64.